The van der Waals surface area contributed by atoms with Gasteiger partial charge in [-0.15, -0.1) is 0 Å². The molecule has 26 heavy (non-hydrogen) atoms. The Morgan fingerprint density at radius 1 is 1.27 bits per heavy atom. The smallest absolute Gasteiger partial charge is 0.250 e. The molecule has 6 nitrogen and oxygen atoms in total. The minimum atomic E-state index is -3.37. The van der Waals surface area contributed by atoms with E-state index in [1.165, 1.54) is 6.42 Å². The number of rotatable bonds is 8. The summed E-state index contributed by atoms with van der Waals surface area (Å²) in [7, 11) is -3.37. The number of anilines is 2. The molecule has 1 amide bonds. The van der Waals surface area contributed by atoms with Gasteiger partial charge in [0.15, 0.2) is 0 Å². The fourth-order valence-electron chi connectivity index (χ4n) is 3.28. The Hall–Kier alpha value is -1.60. The predicted molar refractivity (Wildman–Crippen MR) is 105 cm³/mol. The first-order valence-corrected chi connectivity index (χ1v) is 11.0. The quantitative estimate of drug-likeness (QED) is 0.718. The fraction of sp³-hybridized carbons (Fsp3) is 0.632. The molecule has 2 unspecified atom stereocenters. The molecule has 2 N–H and O–H groups in total. The van der Waals surface area contributed by atoms with Gasteiger partial charge < -0.3 is 10.1 Å². The van der Waals surface area contributed by atoms with Crippen LogP contribution in [0, 0.1) is 12.8 Å². The van der Waals surface area contributed by atoms with Crippen LogP contribution in [0.5, 0.6) is 0 Å². The topological polar surface area (TPSA) is 84.5 Å². The maximum atomic E-state index is 12.2. The maximum Gasteiger partial charge on any atom is 0.250 e. The number of carbonyl (C=O) groups excluding carboxylic acids is 1. The summed E-state index contributed by atoms with van der Waals surface area (Å²) in [6.07, 6.45) is 5.07. The van der Waals surface area contributed by atoms with Gasteiger partial charge >= 0.3 is 0 Å². The third kappa shape index (κ3) is 6.29. The third-order valence-corrected chi connectivity index (χ3v) is 6.16. The molecular weight excluding hydrogens is 352 g/mol. The second kappa shape index (κ2) is 9.37. The molecule has 0 radical (unpaired) electrons. The minimum Gasteiger partial charge on any atom is -0.368 e. The van der Waals surface area contributed by atoms with E-state index in [1.807, 2.05) is 6.92 Å². The van der Waals surface area contributed by atoms with Crippen LogP contribution >= 0.6 is 0 Å². The molecule has 0 aromatic heterocycles. The SMILES string of the molecule is CCCS(=O)(=O)Nc1cccc(NC(=O)COC2CCCC(C)C2)c1C. The van der Waals surface area contributed by atoms with Crippen LogP contribution in [0.15, 0.2) is 18.2 Å². The molecule has 1 aromatic rings. The standard InChI is InChI=1S/C19H30N2O4S/c1-4-11-26(23,24)21-18-10-6-9-17(15(18)3)20-19(22)13-25-16-8-5-7-14(2)12-16/h6,9-10,14,16,21H,4-5,7-8,11-13H2,1-3H3,(H,20,22). The lowest BCUT2D eigenvalue weighted by Crippen LogP contribution is -2.27. The van der Waals surface area contributed by atoms with E-state index in [1.54, 1.807) is 25.1 Å². The number of benzene rings is 1. The number of carbonyl (C=O) groups is 1. The molecule has 0 heterocycles. The zero-order chi connectivity index (χ0) is 19.2. The molecule has 7 heteroatoms. The zero-order valence-corrected chi connectivity index (χ0v) is 16.7. The second-order valence-corrected chi connectivity index (χ2v) is 8.99. The van der Waals surface area contributed by atoms with Crippen LogP contribution in [0.2, 0.25) is 0 Å². The minimum absolute atomic E-state index is 0.0165. The van der Waals surface area contributed by atoms with Crippen LogP contribution in [0.4, 0.5) is 11.4 Å². The molecule has 0 saturated heterocycles. The van der Waals surface area contributed by atoms with E-state index >= 15 is 0 Å². The summed E-state index contributed by atoms with van der Waals surface area (Å²) in [6, 6.07) is 5.17. The molecule has 0 bridgehead atoms. The van der Waals surface area contributed by atoms with Crippen molar-refractivity contribution in [2.45, 2.75) is 59.0 Å². The summed E-state index contributed by atoms with van der Waals surface area (Å²) in [5, 5.41) is 2.82. The van der Waals surface area contributed by atoms with Crippen LogP contribution in [-0.4, -0.2) is 32.8 Å². The largest absolute Gasteiger partial charge is 0.368 e. The highest BCUT2D eigenvalue weighted by Gasteiger charge is 2.20. The lowest BCUT2D eigenvalue weighted by molar-refractivity contribution is -0.123. The van der Waals surface area contributed by atoms with Crippen molar-refractivity contribution < 1.29 is 17.9 Å². The lowest BCUT2D eigenvalue weighted by atomic mass is 9.89. The molecule has 1 aromatic carbocycles. The normalized spacial score (nSPS) is 20.6. The molecule has 1 fully saturated rings. The van der Waals surface area contributed by atoms with Gasteiger partial charge in [-0.05, 0) is 49.8 Å². The molecule has 0 spiro atoms. The molecule has 2 rings (SSSR count). The Morgan fingerprint density at radius 3 is 2.69 bits per heavy atom. The van der Waals surface area contributed by atoms with E-state index in [2.05, 4.69) is 17.0 Å². The first-order valence-electron chi connectivity index (χ1n) is 9.32. The molecule has 2 atom stereocenters. The number of sulfonamides is 1. The predicted octanol–water partition coefficient (Wildman–Crippen LogP) is 3.68. The summed E-state index contributed by atoms with van der Waals surface area (Å²) >= 11 is 0. The second-order valence-electron chi connectivity index (χ2n) is 7.15. The van der Waals surface area contributed by atoms with E-state index in [-0.39, 0.29) is 24.4 Å². The van der Waals surface area contributed by atoms with Crippen molar-refractivity contribution in [1.82, 2.24) is 0 Å². The van der Waals surface area contributed by atoms with Crippen molar-refractivity contribution in [2.75, 3.05) is 22.4 Å². The van der Waals surface area contributed by atoms with Gasteiger partial charge in [-0.3, -0.25) is 9.52 Å². The van der Waals surface area contributed by atoms with Gasteiger partial charge in [0.05, 0.1) is 17.5 Å². The number of hydrogen-bond acceptors (Lipinski definition) is 4. The Kier molecular flexibility index (Phi) is 7.46. The fourth-order valence-corrected chi connectivity index (χ4v) is 4.47. The number of ether oxygens (including phenoxy) is 1. The van der Waals surface area contributed by atoms with Gasteiger partial charge in [0.25, 0.3) is 0 Å². The number of nitrogens with one attached hydrogen (secondary N) is 2. The van der Waals surface area contributed by atoms with Gasteiger partial charge in [0.1, 0.15) is 6.61 Å². The molecule has 1 saturated carbocycles. The monoisotopic (exact) mass is 382 g/mol. The molecule has 0 aliphatic heterocycles. The van der Waals surface area contributed by atoms with Crippen LogP contribution in [0.25, 0.3) is 0 Å². The van der Waals surface area contributed by atoms with Crippen molar-refractivity contribution in [1.29, 1.82) is 0 Å². The summed E-state index contributed by atoms with van der Waals surface area (Å²) in [4.78, 5) is 12.2. The van der Waals surface area contributed by atoms with Gasteiger partial charge in [-0.2, -0.15) is 0 Å². The average Bonchev–Trinajstić information content (AvgIpc) is 2.56. The highest BCUT2D eigenvalue weighted by atomic mass is 32.2. The molecule has 1 aliphatic carbocycles. The van der Waals surface area contributed by atoms with Crippen LogP contribution in [-0.2, 0) is 19.6 Å². The molecule has 1 aliphatic rings. The van der Waals surface area contributed by atoms with Crippen molar-refractivity contribution in [3.8, 4) is 0 Å². The summed E-state index contributed by atoms with van der Waals surface area (Å²) < 4.78 is 32.3. The number of hydrogen-bond donors (Lipinski definition) is 2. The van der Waals surface area contributed by atoms with E-state index in [0.717, 1.165) is 19.3 Å². The average molecular weight is 383 g/mol. The van der Waals surface area contributed by atoms with Gasteiger partial charge in [0, 0.05) is 5.69 Å². The van der Waals surface area contributed by atoms with Crippen LogP contribution in [0.1, 0.15) is 51.5 Å². The Bertz CT molecular complexity index is 718. The van der Waals surface area contributed by atoms with Gasteiger partial charge in [-0.25, -0.2) is 8.42 Å². The van der Waals surface area contributed by atoms with Gasteiger partial charge in [0.2, 0.25) is 15.9 Å². The van der Waals surface area contributed by atoms with Crippen molar-refractivity contribution in [2.24, 2.45) is 5.92 Å². The lowest BCUT2D eigenvalue weighted by Gasteiger charge is -2.26. The molecule has 146 valence electrons. The Morgan fingerprint density at radius 2 is 2.00 bits per heavy atom. The zero-order valence-electron chi connectivity index (χ0n) is 15.9. The van der Waals surface area contributed by atoms with Crippen LogP contribution < -0.4 is 10.0 Å². The summed E-state index contributed by atoms with van der Waals surface area (Å²) in [5.41, 5.74) is 1.76. The first kappa shape index (κ1) is 20.7. The molecular formula is C19H30N2O4S. The van der Waals surface area contributed by atoms with Crippen molar-refractivity contribution in [3.05, 3.63) is 23.8 Å². The highest BCUT2D eigenvalue weighted by Crippen LogP contribution is 2.26. The van der Waals surface area contributed by atoms with Crippen molar-refractivity contribution >= 4 is 27.3 Å². The Labute approximate surface area is 156 Å². The van der Waals surface area contributed by atoms with Crippen molar-refractivity contribution in [3.63, 3.8) is 0 Å². The van der Waals surface area contributed by atoms with E-state index in [9.17, 15) is 13.2 Å². The van der Waals surface area contributed by atoms with E-state index in [4.69, 9.17) is 4.74 Å². The van der Waals surface area contributed by atoms with E-state index in [0.29, 0.717) is 29.3 Å². The first-order chi connectivity index (χ1) is 12.3. The summed E-state index contributed by atoms with van der Waals surface area (Å²) in [6.45, 7) is 5.82. The van der Waals surface area contributed by atoms with Gasteiger partial charge in [-0.1, -0.05) is 32.8 Å². The Balaban J connectivity index is 1.94. The van der Waals surface area contributed by atoms with E-state index < -0.39 is 10.0 Å². The van der Waals surface area contributed by atoms with Crippen LogP contribution in [0.3, 0.4) is 0 Å². The highest BCUT2D eigenvalue weighted by molar-refractivity contribution is 7.92. The summed E-state index contributed by atoms with van der Waals surface area (Å²) in [5.74, 6) is 0.489. The number of amides is 1. The third-order valence-electron chi connectivity index (χ3n) is 4.68. The maximum absolute atomic E-state index is 12.2.